The van der Waals surface area contributed by atoms with E-state index in [4.69, 9.17) is 0 Å². The summed E-state index contributed by atoms with van der Waals surface area (Å²) in [5.41, 5.74) is 3.90. The third-order valence-corrected chi connectivity index (χ3v) is 3.25. The van der Waals surface area contributed by atoms with Crippen molar-refractivity contribution in [3.8, 4) is 0 Å². The molecule has 1 aromatic carbocycles. The van der Waals surface area contributed by atoms with Crippen LogP contribution in [0.5, 0.6) is 0 Å². The molecule has 0 amide bonds. The van der Waals surface area contributed by atoms with E-state index in [9.17, 15) is 0 Å². The van der Waals surface area contributed by atoms with E-state index in [1.54, 1.807) is 0 Å². The van der Waals surface area contributed by atoms with Gasteiger partial charge in [0.05, 0.1) is 32.1 Å². The van der Waals surface area contributed by atoms with Gasteiger partial charge in [-0.3, -0.25) is 0 Å². The van der Waals surface area contributed by atoms with Gasteiger partial charge in [-0.2, -0.15) is 0 Å². The maximum Gasteiger partial charge on any atom is 0.0890 e. The van der Waals surface area contributed by atoms with E-state index in [1.165, 1.54) is 0 Å². The Morgan fingerprint density at radius 3 is 1.56 bits per heavy atom. The van der Waals surface area contributed by atoms with Crippen LogP contribution < -0.4 is 0 Å². The molecule has 2 nitrogen and oxygen atoms in total. The molecule has 0 saturated carbocycles. The van der Waals surface area contributed by atoms with Gasteiger partial charge in [-0.15, -0.1) is 0 Å². The number of benzene rings is 1. The molecule has 0 radical (unpaired) electrons. The van der Waals surface area contributed by atoms with Gasteiger partial charge in [0.1, 0.15) is 0 Å². The third kappa shape index (κ3) is 2.28. The first-order valence-electron chi connectivity index (χ1n) is 5.14. The second-order valence-electron chi connectivity index (χ2n) is 3.71. The van der Waals surface area contributed by atoms with Crippen LogP contribution in [0.25, 0.3) is 11.0 Å². The van der Waals surface area contributed by atoms with Crippen molar-refractivity contribution in [3.05, 3.63) is 35.7 Å². The molecule has 1 aromatic heterocycles. The lowest BCUT2D eigenvalue weighted by molar-refractivity contribution is 0.919. The summed E-state index contributed by atoms with van der Waals surface area (Å²) in [6, 6.07) is 7.95. The number of rotatable bonds is 2. The summed E-state index contributed by atoms with van der Waals surface area (Å²) in [6.07, 6.45) is 0. The maximum atomic E-state index is 4.66. The van der Waals surface area contributed by atoms with E-state index in [1.807, 2.05) is 24.3 Å². The first-order chi connectivity index (χ1) is 7.59. The van der Waals surface area contributed by atoms with Crippen LogP contribution >= 0.6 is 31.9 Å². The van der Waals surface area contributed by atoms with Gasteiger partial charge < -0.3 is 0 Å². The van der Waals surface area contributed by atoms with Crippen LogP contribution in [-0.4, -0.2) is 9.97 Å². The Kier molecular flexibility index (Phi) is 3.60. The van der Waals surface area contributed by atoms with E-state index in [2.05, 4.69) is 55.7 Å². The van der Waals surface area contributed by atoms with Gasteiger partial charge in [0, 0.05) is 0 Å². The molecule has 2 atom stereocenters. The number of alkyl halides is 2. The van der Waals surface area contributed by atoms with Crippen LogP contribution in [0.2, 0.25) is 0 Å². The zero-order valence-corrected chi connectivity index (χ0v) is 12.3. The molecule has 0 aliphatic heterocycles. The Labute approximate surface area is 112 Å². The largest absolute Gasteiger partial charge is 0.248 e. The Balaban J connectivity index is 2.71. The summed E-state index contributed by atoms with van der Waals surface area (Å²) in [7, 11) is 0. The summed E-state index contributed by atoms with van der Waals surface area (Å²) in [5, 5.41) is 0. The maximum absolute atomic E-state index is 4.66. The Morgan fingerprint density at radius 2 is 1.25 bits per heavy atom. The van der Waals surface area contributed by atoms with Crippen molar-refractivity contribution in [1.29, 1.82) is 0 Å². The molecule has 2 unspecified atom stereocenters. The van der Waals surface area contributed by atoms with Crippen LogP contribution in [-0.2, 0) is 0 Å². The molecule has 0 aliphatic carbocycles. The highest BCUT2D eigenvalue weighted by molar-refractivity contribution is 9.09. The molecule has 4 heteroatoms. The smallest absolute Gasteiger partial charge is 0.0890 e. The zero-order chi connectivity index (χ0) is 11.7. The molecule has 0 aliphatic rings. The molecule has 2 rings (SSSR count). The van der Waals surface area contributed by atoms with Crippen LogP contribution in [0, 0.1) is 0 Å². The Hall–Kier alpha value is -0.480. The van der Waals surface area contributed by atoms with E-state index in [-0.39, 0.29) is 9.65 Å². The molecule has 0 fully saturated rings. The van der Waals surface area contributed by atoms with Gasteiger partial charge in [-0.1, -0.05) is 44.0 Å². The second-order valence-corrected chi connectivity index (χ2v) is 6.46. The summed E-state index contributed by atoms with van der Waals surface area (Å²) in [5.74, 6) is 0. The van der Waals surface area contributed by atoms with E-state index in [0.29, 0.717) is 0 Å². The van der Waals surface area contributed by atoms with Crippen molar-refractivity contribution in [1.82, 2.24) is 9.97 Å². The second kappa shape index (κ2) is 4.80. The minimum Gasteiger partial charge on any atom is -0.248 e. The summed E-state index contributed by atoms with van der Waals surface area (Å²) in [6.45, 7) is 4.13. The van der Waals surface area contributed by atoms with Crippen LogP contribution in [0.4, 0.5) is 0 Å². The highest BCUT2D eigenvalue weighted by Gasteiger charge is 2.16. The van der Waals surface area contributed by atoms with Crippen molar-refractivity contribution in [3.63, 3.8) is 0 Å². The molecular formula is C12H12Br2N2. The van der Waals surface area contributed by atoms with E-state index in [0.717, 1.165) is 22.4 Å². The highest BCUT2D eigenvalue weighted by atomic mass is 79.9. The van der Waals surface area contributed by atoms with Crippen molar-refractivity contribution < 1.29 is 0 Å². The number of fused-ring (bicyclic) bond motifs is 1. The van der Waals surface area contributed by atoms with Crippen LogP contribution in [0.15, 0.2) is 24.3 Å². The van der Waals surface area contributed by atoms with Crippen LogP contribution in [0.3, 0.4) is 0 Å². The van der Waals surface area contributed by atoms with Gasteiger partial charge in [-0.05, 0) is 26.0 Å². The molecule has 16 heavy (non-hydrogen) atoms. The lowest BCUT2D eigenvalue weighted by atomic mass is 10.2. The predicted molar refractivity (Wildman–Crippen MR) is 74.2 cm³/mol. The average molecular weight is 344 g/mol. The standard InChI is InChI=1S/C12H12Br2N2/c1-7(13)11-12(8(2)14)16-10-6-4-3-5-9(10)15-11/h3-8H,1-2H3. The molecule has 0 spiro atoms. The number of nitrogens with zero attached hydrogens (tertiary/aromatic N) is 2. The number of hydrogen-bond acceptors (Lipinski definition) is 2. The molecular weight excluding hydrogens is 332 g/mol. The topological polar surface area (TPSA) is 25.8 Å². The van der Waals surface area contributed by atoms with Crippen LogP contribution in [0.1, 0.15) is 34.9 Å². The Morgan fingerprint density at radius 1 is 0.875 bits per heavy atom. The fourth-order valence-corrected chi connectivity index (χ4v) is 2.29. The van der Waals surface area contributed by atoms with Crippen molar-refractivity contribution in [2.75, 3.05) is 0 Å². The lowest BCUT2D eigenvalue weighted by Crippen LogP contribution is -2.03. The number of hydrogen-bond donors (Lipinski definition) is 0. The van der Waals surface area contributed by atoms with Gasteiger partial charge >= 0.3 is 0 Å². The molecule has 0 saturated heterocycles. The summed E-state index contributed by atoms with van der Waals surface area (Å²) >= 11 is 7.13. The minimum atomic E-state index is 0.208. The van der Waals surface area contributed by atoms with Gasteiger partial charge in [0.25, 0.3) is 0 Å². The number of halogens is 2. The highest BCUT2D eigenvalue weighted by Crippen LogP contribution is 2.31. The fourth-order valence-electron chi connectivity index (χ4n) is 1.61. The molecule has 0 bridgehead atoms. The Bertz CT molecular complexity index is 463. The first kappa shape index (κ1) is 12.0. The number of aromatic nitrogens is 2. The van der Waals surface area contributed by atoms with Crippen molar-refractivity contribution in [2.24, 2.45) is 0 Å². The molecule has 2 aromatic rings. The quantitative estimate of drug-likeness (QED) is 0.748. The van der Waals surface area contributed by atoms with Gasteiger partial charge in [-0.25, -0.2) is 9.97 Å². The first-order valence-corrected chi connectivity index (χ1v) is 6.97. The SMILES string of the molecule is CC(Br)c1nc2ccccc2nc1C(C)Br. The van der Waals surface area contributed by atoms with E-state index < -0.39 is 0 Å². The van der Waals surface area contributed by atoms with Gasteiger partial charge in [0.2, 0.25) is 0 Å². The monoisotopic (exact) mass is 342 g/mol. The fraction of sp³-hybridized carbons (Fsp3) is 0.333. The molecule has 0 N–H and O–H groups in total. The zero-order valence-electron chi connectivity index (χ0n) is 9.11. The molecule has 84 valence electrons. The normalized spacial score (nSPS) is 15.0. The third-order valence-electron chi connectivity index (χ3n) is 2.38. The van der Waals surface area contributed by atoms with Gasteiger partial charge in [0.15, 0.2) is 0 Å². The van der Waals surface area contributed by atoms with E-state index >= 15 is 0 Å². The summed E-state index contributed by atoms with van der Waals surface area (Å²) in [4.78, 5) is 9.73. The van der Waals surface area contributed by atoms with Crippen molar-refractivity contribution >= 4 is 42.9 Å². The minimum absolute atomic E-state index is 0.208. The predicted octanol–water partition coefficient (Wildman–Crippen LogP) is 4.54. The molecule has 1 heterocycles. The van der Waals surface area contributed by atoms with Crippen molar-refractivity contribution in [2.45, 2.75) is 23.5 Å². The average Bonchev–Trinajstić information content (AvgIpc) is 2.27. The number of para-hydroxylation sites is 2. The lowest BCUT2D eigenvalue weighted by Gasteiger charge is -2.12. The summed E-state index contributed by atoms with van der Waals surface area (Å²) < 4.78 is 0.